The summed E-state index contributed by atoms with van der Waals surface area (Å²) < 4.78 is 2.97. The summed E-state index contributed by atoms with van der Waals surface area (Å²) in [7, 11) is 0. The van der Waals surface area contributed by atoms with Crippen molar-refractivity contribution in [1.82, 2.24) is 25.3 Å². The summed E-state index contributed by atoms with van der Waals surface area (Å²) in [6.45, 7) is 7.54. The van der Waals surface area contributed by atoms with Gasteiger partial charge in [-0.2, -0.15) is 0 Å². The second-order valence-electron chi connectivity index (χ2n) is 8.05. The molecule has 2 aromatic heterocycles. The topological polar surface area (TPSA) is 82.2 Å². The molecule has 7 nitrogen and oxygen atoms in total. The standard InChI is InChI=1S/C23H26BrN5O2/c1-14(2)29-8-5-18-19(10-17(24)11-21(18)29)22(30)25-12-20-16(9-15(3)27-23(20)31)13-28-7-4-6-26-28/h4-5,7-11,14,26H,6,12-13H2,1-3H3,(H,25,30)(H,27,31). The SMILES string of the molecule is Cc1cc(CN2C=CCN2)c(CNC(=O)c2cc(Br)cc3c2ccn3C(C)C)c(=O)[nH]1. The minimum Gasteiger partial charge on any atom is -0.348 e. The molecule has 3 heterocycles. The Morgan fingerprint density at radius 1 is 1.29 bits per heavy atom. The van der Waals surface area contributed by atoms with Crippen molar-refractivity contribution in [3.05, 3.63) is 79.9 Å². The molecule has 0 unspecified atom stereocenters. The number of amides is 1. The second-order valence-corrected chi connectivity index (χ2v) is 8.96. The van der Waals surface area contributed by atoms with E-state index in [1.165, 1.54) is 0 Å². The first-order valence-corrected chi connectivity index (χ1v) is 11.1. The van der Waals surface area contributed by atoms with Gasteiger partial charge in [0.1, 0.15) is 0 Å². The Labute approximate surface area is 189 Å². The van der Waals surface area contributed by atoms with Crippen molar-refractivity contribution in [2.45, 2.75) is 39.9 Å². The number of hydrogen-bond donors (Lipinski definition) is 3. The maximum Gasteiger partial charge on any atom is 0.253 e. The number of aromatic amines is 1. The molecule has 0 fully saturated rings. The van der Waals surface area contributed by atoms with Gasteiger partial charge in [0.2, 0.25) is 0 Å². The maximum absolute atomic E-state index is 13.1. The van der Waals surface area contributed by atoms with Crippen molar-refractivity contribution in [2.75, 3.05) is 6.54 Å². The largest absolute Gasteiger partial charge is 0.348 e. The third-order valence-electron chi connectivity index (χ3n) is 5.43. The van der Waals surface area contributed by atoms with Gasteiger partial charge in [0.15, 0.2) is 0 Å². The lowest BCUT2D eigenvalue weighted by Gasteiger charge is -2.19. The number of benzene rings is 1. The molecular weight excluding hydrogens is 458 g/mol. The highest BCUT2D eigenvalue weighted by atomic mass is 79.9. The first-order valence-electron chi connectivity index (χ1n) is 10.3. The van der Waals surface area contributed by atoms with Crippen molar-refractivity contribution in [3.8, 4) is 0 Å². The number of fused-ring (bicyclic) bond motifs is 1. The van der Waals surface area contributed by atoms with Crippen molar-refractivity contribution in [1.29, 1.82) is 0 Å². The Balaban J connectivity index is 1.61. The molecule has 8 heteroatoms. The van der Waals surface area contributed by atoms with Crippen LogP contribution in [0.15, 0.2) is 52.0 Å². The minimum absolute atomic E-state index is 0.153. The molecule has 3 aromatic rings. The summed E-state index contributed by atoms with van der Waals surface area (Å²) in [5.41, 5.74) is 6.85. The highest BCUT2D eigenvalue weighted by molar-refractivity contribution is 9.10. The number of hydrazine groups is 1. The average molecular weight is 484 g/mol. The molecule has 0 radical (unpaired) electrons. The second kappa shape index (κ2) is 8.72. The van der Waals surface area contributed by atoms with Crippen LogP contribution in [-0.4, -0.2) is 27.0 Å². The van der Waals surface area contributed by atoms with Crippen LogP contribution in [0.3, 0.4) is 0 Å². The first kappa shape index (κ1) is 21.4. The zero-order valence-corrected chi connectivity index (χ0v) is 19.4. The third-order valence-corrected chi connectivity index (χ3v) is 5.89. The van der Waals surface area contributed by atoms with E-state index in [1.807, 2.05) is 54.7 Å². The number of H-pyrrole nitrogens is 1. The summed E-state index contributed by atoms with van der Waals surface area (Å²) in [5.74, 6) is -0.210. The average Bonchev–Trinajstić information content (AvgIpc) is 3.36. The van der Waals surface area contributed by atoms with Crippen LogP contribution in [0.5, 0.6) is 0 Å². The molecule has 4 rings (SSSR count). The van der Waals surface area contributed by atoms with Gasteiger partial charge in [-0.1, -0.05) is 22.0 Å². The molecule has 0 atom stereocenters. The van der Waals surface area contributed by atoms with Gasteiger partial charge in [0.25, 0.3) is 11.5 Å². The molecule has 1 amide bonds. The molecule has 31 heavy (non-hydrogen) atoms. The van der Waals surface area contributed by atoms with Crippen LogP contribution in [0.2, 0.25) is 0 Å². The quantitative estimate of drug-likeness (QED) is 0.498. The highest BCUT2D eigenvalue weighted by Gasteiger charge is 2.17. The van der Waals surface area contributed by atoms with Gasteiger partial charge in [-0.3, -0.25) is 9.59 Å². The third kappa shape index (κ3) is 4.45. The van der Waals surface area contributed by atoms with Crippen LogP contribution in [0.1, 0.15) is 47.1 Å². The van der Waals surface area contributed by atoms with E-state index in [-0.39, 0.29) is 24.1 Å². The summed E-state index contributed by atoms with van der Waals surface area (Å²) in [4.78, 5) is 28.6. The zero-order chi connectivity index (χ0) is 22.1. The molecule has 0 saturated carbocycles. The van der Waals surface area contributed by atoms with E-state index in [1.54, 1.807) is 0 Å². The van der Waals surface area contributed by atoms with Gasteiger partial charge in [0, 0.05) is 58.2 Å². The Hall–Kier alpha value is -2.84. The van der Waals surface area contributed by atoms with E-state index >= 15 is 0 Å². The lowest BCUT2D eigenvalue weighted by atomic mass is 10.1. The zero-order valence-electron chi connectivity index (χ0n) is 17.8. The lowest BCUT2D eigenvalue weighted by Crippen LogP contribution is -2.32. The fraction of sp³-hybridized carbons (Fsp3) is 0.304. The van der Waals surface area contributed by atoms with Crippen LogP contribution >= 0.6 is 15.9 Å². The smallest absolute Gasteiger partial charge is 0.253 e. The monoisotopic (exact) mass is 483 g/mol. The summed E-state index contributed by atoms with van der Waals surface area (Å²) in [6, 6.07) is 8.04. The van der Waals surface area contributed by atoms with E-state index in [9.17, 15) is 9.59 Å². The summed E-state index contributed by atoms with van der Waals surface area (Å²) >= 11 is 3.53. The molecule has 0 spiro atoms. The molecule has 0 saturated heterocycles. The number of aromatic nitrogens is 2. The predicted molar refractivity (Wildman–Crippen MR) is 126 cm³/mol. The number of rotatable bonds is 6. The molecule has 1 aliphatic heterocycles. The molecule has 3 N–H and O–H groups in total. The van der Waals surface area contributed by atoms with Crippen LogP contribution in [0.25, 0.3) is 10.9 Å². The number of carbonyl (C=O) groups is 1. The van der Waals surface area contributed by atoms with E-state index in [0.717, 1.165) is 33.2 Å². The predicted octanol–water partition coefficient (Wildman–Crippen LogP) is 3.75. The molecule has 0 aliphatic carbocycles. The number of pyridine rings is 1. The van der Waals surface area contributed by atoms with Crippen LogP contribution in [-0.2, 0) is 13.1 Å². The molecular formula is C23H26BrN5O2. The fourth-order valence-corrected chi connectivity index (χ4v) is 4.39. The molecule has 162 valence electrons. The Bertz CT molecular complexity index is 1220. The lowest BCUT2D eigenvalue weighted by molar-refractivity contribution is 0.0952. The summed E-state index contributed by atoms with van der Waals surface area (Å²) in [5, 5.41) is 5.78. The highest BCUT2D eigenvalue weighted by Crippen LogP contribution is 2.27. The number of halogens is 1. The Morgan fingerprint density at radius 3 is 2.81 bits per heavy atom. The van der Waals surface area contributed by atoms with E-state index < -0.39 is 0 Å². The number of aryl methyl sites for hydroxylation is 1. The summed E-state index contributed by atoms with van der Waals surface area (Å²) in [6.07, 6.45) is 5.97. The number of nitrogens with zero attached hydrogens (tertiary/aromatic N) is 2. The maximum atomic E-state index is 13.1. The van der Waals surface area contributed by atoms with Crippen molar-refractivity contribution < 1.29 is 4.79 Å². The van der Waals surface area contributed by atoms with Crippen molar-refractivity contribution >= 4 is 32.7 Å². The van der Waals surface area contributed by atoms with Crippen molar-refractivity contribution in [3.63, 3.8) is 0 Å². The number of carbonyl (C=O) groups excluding carboxylic acids is 1. The molecule has 1 aromatic carbocycles. The molecule has 1 aliphatic rings. The number of nitrogens with one attached hydrogen (secondary N) is 3. The van der Waals surface area contributed by atoms with E-state index in [2.05, 4.69) is 50.1 Å². The van der Waals surface area contributed by atoms with Crippen LogP contribution < -0.4 is 16.3 Å². The Morgan fingerprint density at radius 2 is 2.10 bits per heavy atom. The minimum atomic E-state index is -0.210. The van der Waals surface area contributed by atoms with Gasteiger partial charge in [0.05, 0.1) is 12.1 Å². The van der Waals surface area contributed by atoms with Gasteiger partial charge < -0.3 is 19.9 Å². The fourth-order valence-electron chi connectivity index (χ4n) is 3.94. The van der Waals surface area contributed by atoms with Gasteiger partial charge >= 0.3 is 0 Å². The van der Waals surface area contributed by atoms with Crippen LogP contribution in [0.4, 0.5) is 0 Å². The molecule has 0 bridgehead atoms. The number of hydrogen-bond acceptors (Lipinski definition) is 4. The van der Waals surface area contributed by atoms with Crippen molar-refractivity contribution in [2.24, 2.45) is 0 Å². The van der Waals surface area contributed by atoms with Gasteiger partial charge in [-0.05, 0) is 50.6 Å². The van der Waals surface area contributed by atoms with Gasteiger partial charge in [-0.25, -0.2) is 5.43 Å². The van der Waals surface area contributed by atoms with E-state index in [4.69, 9.17) is 0 Å². The van der Waals surface area contributed by atoms with Gasteiger partial charge in [-0.15, -0.1) is 0 Å². The first-order chi connectivity index (χ1) is 14.8. The van der Waals surface area contributed by atoms with E-state index in [0.29, 0.717) is 17.7 Å². The normalized spacial score (nSPS) is 13.5. The Kier molecular flexibility index (Phi) is 6.02. The van der Waals surface area contributed by atoms with Crippen LogP contribution in [0, 0.1) is 6.92 Å².